The van der Waals surface area contributed by atoms with Gasteiger partial charge < -0.3 is 4.74 Å². The molecule has 1 atom stereocenters. The van der Waals surface area contributed by atoms with Crippen LogP contribution >= 0.6 is 11.3 Å². The summed E-state index contributed by atoms with van der Waals surface area (Å²) in [6, 6.07) is 6.25. The fraction of sp³-hybridized carbons (Fsp3) is 0.312. The fourth-order valence-electron chi connectivity index (χ4n) is 1.55. The van der Waals surface area contributed by atoms with Crippen molar-refractivity contribution in [2.45, 2.75) is 25.0 Å². The molecular formula is C16H18N2O4S2. The first-order valence-corrected chi connectivity index (χ1v) is 9.47. The number of carbonyl (C=O) groups is 2. The summed E-state index contributed by atoms with van der Waals surface area (Å²) in [6.07, 6.45) is 3.03. The first-order chi connectivity index (χ1) is 11.2. The minimum Gasteiger partial charge on any atom is -0.426 e. The summed E-state index contributed by atoms with van der Waals surface area (Å²) in [5, 5.41) is 3.03. The van der Waals surface area contributed by atoms with Crippen molar-refractivity contribution < 1.29 is 18.5 Å². The molecule has 128 valence electrons. The number of anilines is 1. The van der Waals surface area contributed by atoms with Gasteiger partial charge in [0.05, 0.1) is 22.4 Å². The molecule has 1 amide bonds. The monoisotopic (exact) mass is 366 g/mol. The van der Waals surface area contributed by atoms with E-state index in [1.165, 1.54) is 17.5 Å². The lowest BCUT2D eigenvalue weighted by molar-refractivity contribution is -0.142. The van der Waals surface area contributed by atoms with E-state index in [2.05, 4.69) is 10.3 Å². The Kier molecular flexibility index (Phi) is 5.51. The summed E-state index contributed by atoms with van der Waals surface area (Å²) in [5.74, 6) is -0.307. The van der Waals surface area contributed by atoms with Crippen molar-refractivity contribution in [3.63, 3.8) is 0 Å². The molecule has 0 fully saturated rings. The van der Waals surface area contributed by atoms with Crippen LogP contribution in [-0.4, -0.2) is 27.3 Å². The van der Waals surface area contributed by atoms with Gasteiger partial charge >= 0.3 is 5.97 Å². The highest BCUT2D eigenvalue weighted by atomic mass is 32.2. The minimum absolute atomic E-state index is 0.341. The van der Waals surface area contributed by atoms with Crippen molar-refractivity contribution in [2.24, 2.45) is 5.41 Å². The number of carbonyl (C=O) groups excluding carboxylic acids is 2. The third-order valence-corrected chi connectivity index (χ3v) is 5.26. The molecule has 8 heteroatoms. The molecule has 1 unspecified atom stereocenters. The molecule has 1 N–H and O–H groups in total. The van der Waals surface area contributed by atoms with Crippen LogP contribution in [0.25, 0.3) is 0 Å². The SMILES string of the molecule is CS(=O)c1cnc(NC(=O)c2ccc(OC(=O)C(C)(C)C)cc2)s1. The summed E-state index contributed by atoms with van der Waals surface area (Å²) >= 11 is 1.17. The Labute approximate surface area is 146 Å². The number of hydrogen-bond acceptors (Lipinski definition) is 6. The van der Waals surface area contributed by atoms with Gasteiger partial charge in [0.15, 0.2) is 5.13 Å². The third kappa shape index (κ3) is 4.72. The topological polar surface area (TPSA) is 85.4 Å². The minimum atomic E-state index is -1.13. The molecule has 0 aliphatic heterocycles. The number of hydrogen-bond donors (Lipinski definition) is 1. The molecule has 24 heavy (non-hydrogen) atoms. The van der Waals surface area contributed by atoms with Gasteiger partial charge in [0, 0.05) is 11.8 Å². The van der Waals surface area contributed by atoms with Gasteiger partial charge in [-0.05, 0) is 45.0 Å². The Morgan fingerprint density at radius 3 is 2.33 bits per heavy atom. The molecule has 0 radical (unpaired) electrons. The predicted octanol–water partition coefficient (Wildman–Crippen LogP) is 3.08. The maximum Gasteiger partial charge on any atom is 0.316 e. The number of aromatic nitrogens is 1. The van der Waals surface area contributed by atoms with Gasteiger partial charge in [0.2, 0.25) is 0 Å². The lowest BCUT2D eigenvalue weighted by Crippen LogP contribution is -2.25. The Morgan fingerprint density at radius 1 is 1.21 bits per heavy atom. The van der Waals surface area contributed by atoms with E-state index in [0.717, 1.165) is 0 Å². The Bertz CT molecular complexity index is 776. The van der Waals surface area contributed by atoms with Crippen molar-refractivity contribution >= 4 is 39.1 Å². The van der Waals surface area contributed by atoms with E-state index < -0.39 is 16.2 Å². The standard InChI is InChI=1S/C16H18N2O4S2/c1-16(2,3)14(20)22-11-7-5-10(6-8-11)13(19)18-15-17-9-12(23-15)24(4)21/h5-9H,1-4H3,(H,17,18,19). The van der Waals surface area contributed by atoms with E-state index in [4.69, 9.17) is 4.74 Å². The van der Waals surface area contributed by atoms with Gasteiger partial charge in [0.25, 0.3) is 5.91 Å². The quantitative estimate of drug-likeness (QED) is 0.664. The van der Waals surface area contributed by atoms with Crippen LogP contribution in [0.15, 0.2) is 34.7 Å². The van der Waals surface area contributed by atoms with Crippen LogP contribution in [0, 0.1) is 5.41 Å². The number of thiazole rings is 1. The number of benzene rings is 1. The molecule has 1 aromatic carbocycles. The zero-order valence-corrected chi connectivity index (χ0v) is 15.4. The highest BCUT2D eigenvalue weighted by Gasteiger charge is 2.23. The van der Waals surface area contributed by atoms with Crippen molar-refractivity contribution in [1.29, 1.82) is 0 Å². The van der Waals surface area contributed by atoms with E-state index in [-0.39, 0.29) is 11.9 Å². The van der Waals surface area contributed by atoms with Crippen LogP contribution in [0.4, 0.5) is 5.13 Å². The highest BCUT2D eigenvalue weighted by molar-refractivity contribution is 7.86. The van der Waals surface area contributed by atoms with E-state index in [1.54, 1.807) is 51.3 Å². The first-order valence-electron chi connectivity index (χ1n) is 7.10. The number of rotatable bonds is 4. The summed E-state index contributed by atoms with van der Waals surface area (Å²) in [4.78, 5) is 28.0. The van der Waals surface area contributed by atoms with Gasteiger partial charge in [-0.3, -0.25) is 19.1 Å². The molecule has 0 saturated heterocycles. The van der Waals surface area contributed by atoms with Crippen molar-refractivity contribution in [3.05, 3.63) is 36.0 Å². The number of amides is 1. The number of nitrogens with one attached hydrogen (secondary N) is 1. The molecule has 0 aliphatic rings. The Balaban J connectivity index is 2.03. The summed E-state index contributed by atoms with van der Waals surface area (Å²) in [5.41, 5.74) is -0.197. The lowest BCUT2D eigenvalue weighted by Gasteiger charge is -2.16. The first kappa shape index (κ1) is 18.3. The smallest absolute Gasteiger partial charge is 0.316 e. The van der Waals surface area contributed by atoms with Crippen LogP contribution in [0.5, 0.6) is 5.75 Å². The van der Waals surface area contributed by atoms with E-state index in [9.17, 15) is 13.8 Å². The van der Waals surface area contributed by atoms with Crippen molar-refractivity contribution in [3.8, 4) is 5.75 Å². The Hall–Kier alpha value is -2.06. The van der Waals surface area contributed by atoms with Crippen LogP contribution < -0.4 is 10.1 Å². The van der Waals surface area contributed by atoms with Crippen LogP contribution in [0.3, 0.4) is 0 Å². The predicted molar refractivity (Wildman–Crippen MR) is 93.9 cm³/mol. The fourth-order valence-corrected chi connectivity index (χ4v) is 3.01. The molecule has 0 saturated carbocycles. The largest absolute Gasteiger partial charge is 0.426 e. The average molecular weight is 366 g/mol. The molecule has 2 rings (SSSR count). The second-order valence-corrected chi connectivity index (χ2v) is 8.69. The second-order valence-electron chi connectivity index (χ2n) is 6.06. The molecule has 0 bridgehead atoms. The van der Waals surface area contributed by atoms with Crippen LogP contribution in [-0.2, 0) is 15.6 Å². The van der Waals surface area contributed by atoms with Gasteiger partial charge in [0.1, 0.15) is 9.96 Å². The zero-order chi connectivity index (χ0) is 17.9. The maximum atomic E-state index is 12.2. The highest BCUT2D eigenvalue weighted by Crippen LogP contribution is 2.22. The Morgan fingerprint density at radius 2 is 1.83 bits per heavy atom. The van der Waals surface area contributed by atoms with Crippen LogP contribution in [0.1, 0.15) is 31.1 Å². The maximum absolute atomic E-state index is 12.2. The van der Waals surface area contributed by atoms with E-state index in [1.807, 2.05) is 0 Å². The molecule has 0 aliphatic carbocycles. The van der Waals surface area contributed by atoms with Gasteiger partial charge in [-0.1, -0.05) is 11.3 Å². The number of ether oxygens (including phenoxy) is 1. The third-order valence-electron chi connectivity index (χ3n) is 2.93. The van der Waals surface area contributed by atoms with Gasteiger partial charge in [-0.25, -0.2) is 4.98 Å². The normalized spacial score (nSPS) is 12.5. The summed E-state index contributed by atoms with van der Waals surface area (Å²) < 4.78 is 17.2. The molecule has 1 heterocycles. The van der Waals surface area contributed by atoms with E-state index >= 15 is 0 Å². The summed E-state index contributed by atoms with van der Waals surface area (Å²) in [7, 11) is -1.13. The summed E-state index contributed by atoms with van der Waals surface area (Å²) in [6.45, 7) is 5.30. The van der Waals surface area contributed by atoms with Crippen LogP contribution in [0.2, 0.25) is 0 Å². The average Bonchev–Trinajstić information content (AvgIpc) is 2.95. The number of esters is 1. The van der Waals surface area contributed by atoms with Gasteiger partial charge in [-0.15, -0.1) is 0 Å². The lowest BCUT2D eigenvalue weighted by atomic mass is 9.97. The second kappa shape index (κ2) is 7.23. The molecule has 1 aromatic heterocycles. The molecule has 2 aromatic rings. The van der Waals surface area contributed by atoms with Gasteiger partial charge in [-0.2, -0.15) is 0 Å². The van der Waals surface area contributed by atoms with E-state index in [0.29, 0.717) is 20.7 Å². The van der Waals surface area contributed by atoms with Crippen molar-refractivity contribution in [1.82, 2.24) is 4.98 Å². The molecule has 6 nitrogen and oxygen atoms in total. The molecule has 0 spiro atoms. The number of nitrogens with zero attached hydrogens (tertiary/aromatic N) is 1. The molecular weight excluding hydrogens is 348 g/mol. The zero-order valence-electron chi connectivity index (χ0n) is 13.8. The van der Waals surface area contributed by atoms with Crippen molar-refractivity contribution in [2.75, 3.05) is 11.6 Å².